The van der Waals surface area contributed by atoms with Gasteiger partial charge < -0.3 is 9.64 Å². The number of nitrogens with one attached hydrogen (secondary N) is 1. The smallest absolute Gasteiger partial charge is 0.255 e. The molecule has 1 fully saturated rings. The summed E-state index contributed by atoms with van der Waals surface area (Å²) >= 11 is 3.41. The van der Waals surface area contributed by atoms with Crippen LogP contribution >= 0.6 is 15.9 Å². The number of benzene rings is 1. The number of nitrogens with zero attached hydrogens (tertiary/aromatic N) is 3. The van der Waals surface area contributed by atoms with Crippen molar-refractivity contribution >= 4 is 31.9 Å². The van der Waals surface area contributed by atoms with Gasteiger partial charge in [-0.3, -0.25) is 9.89 Å². The lowest BCUT2D eigenvalue weighted by Crippen LogP contribution is -2.37. The van der Waals surface area contributed by atoms with Crippen LogP contribution in [0.1, 0.15) is 28.2 Å². The summed E-state index contributed by atoms with van der Waals surface area (Å²) in [7, 11) is -2.12. The first-order valence-electron chi connectivity index (χ1n) is 8.90. The number of carbonyl (C=O) groups excluding carboxylic acids is 1. The van der Waals surface area contributed by atoms with Crippen LogP contribution in [0.25, 0.3) is 0 Å². The number of H-pyrrole nitrogens is 1. The maximum atomic E-state index is 13.1. The third-order valence-corrected chi connectivity index (χ3v) is 7.66. The zero-order chi connectivity index (χ0) is 20.5. The van der Waals surface area contributed by atoms with Crippen LogP contribution in [0.3, 0.4) is 0 Å². The fraction of sp³-hybridized carbons (Fsp3) is 0.444. The van der Waals surface area contributed by atoms with Crippen LogP contribution in [-0.2, 0) is 10.0 Å². The quantitative estimate of drug-likeness (QED) is 0.739. The molecule has 2 aromatic rings. The van der Waals surface area contributed by atoms with Crippen molar-refractivity contribution in [1.82, 2.24) is 19.4 Å². The SMILES string of the molecule is COc1ccc(Br)c(C(=O)N2CCCN(S(=O)(=O)c3c(C)n[nH]c3C)CC2)c1. The van der Waals surface area contributed by atoms with Crippen molar-refractivity contribution in [3.63, 3.8) is 0 Å². The van der Waals surface area contributed by atoms with Crippen molar-refractivity contribution in [3.8, 4) is 5.75 Å². The van der Waals surface area contributed by atoms with Gasteiger partial charge in [0.25, 0.3) is 5.91 Å². The third kappa shape index (κ3) is 3.94. The molecule has 2 heterocycles. The molecule has 0 unspecified atom stereocenters. The Balaban J connectivity index is 1.79. The van der Waals surface area contributed by atoms with Gasteiger partial charge in [0, 0.05) is 30.7 Å². The minimum Gasteiger partial charge on any atom is -0.497 e. The Morgan fingerprint density at radius 1 is 1.21 bits per heavy atom. The molecular formula is C18H23BrN4O4S. The highest BCUT2D eigenvalue weighted by atomic mass is 79.9. The molecular weight excluding hydrogens is 448 g/mol. The first-order chi connectivity index (χ1) is 13.3. The predicted molar refractivity (Wildman–Crippen MR) is 108 cm³/mol. The van der Waals surface area contributed by atoms with E-state index in [0.29, 0.717) is 53.2 Å². The van der Waals surface area contributed by atoms with E-state index in [1.54, 1.807) is 44.1 Å². The Morgan fingerprint density at radius 3 is 2.61 bits per heavy atom. The number of aromatic amines is 1. The average Bonchev–Trinajstić information content (AvgIpc) is 2.87. The number of rotatable bonds is 4. The molecule has 152 valence electrons. The summed E-state index contributed by atoms with van der Waals surface area (Å²) in [6.07, 6.45) is 0.558. The molecule has 8 nitrogen and oxygen atoms in total. The van der Waals surface area contributed by atoms with Crippen LogP contribution in [0.2, 0.25) is 0 Å². The highest BCUT2D eigenvalue weighted by Crippen LogP contribution is 2.26. The number of methoxy groups -OCH3 is 1. The van der Waals surface area contributed by atoms with E-state index < -0.39 is 10.0 Å². The summed E-state index contributed by atoms with van der Waals surface area (Å²) < 4.78 is 33.5. The Kier molecular flexibility index (Phi) is 6.11. The van der Waals surface area contributed by atoms with Crippen LogP contribution in [0.4, 0.5) is 0 Å². The van der Waals surface area contributed by atoms with E-state index in [2.05, 4.69) is 26.1 Å². The van der Waals surface area contributed by atoms with Crippen molar-refractivity contribution in [2.24, 2.45) is 0 Å². The maximum Gasteiger partial charge on any atom is 0.255 e. The number of hydrogen-bond donors (Lipinski definition) is 1. The van der Waals surface area contributed by atoms with Gasteiger partial charge >= 0.3 is 0 Å². The average molecular weight is 471 g/mol. The number of ether oxygens (including phenoxy) is 1. The number of aromatic nitrogens is 2. The minimum absolute atomic E-state index is 0.152. The highest BCUT2D eigenvalue weighted by molar-refractivity contribution is 9.10. The zero-order valence-electron chi connectivity index (χ0n) is 16.0. The lowest BCUT2D eigenvalue weighted by Gasteiger charge is -2.22. The Labute approximate surface area is 173 Å². The van der Waals surface area contributed by atoms with Crippen molar-refractivity contribution in [2.75, 3.05) is 33.3 Å². The summed E-state index contributed by atoms with van der Waals surface area (Å²) in [4.78, 5) is 14.9. The van der Waals surface area contributed by atoms with Gasteiger partial charge in [-0.05, 0) is 54.4 Å². The lowest BCUT2D eigenvalue weighted by atomic mass is 10.2. The van der Waals surface area contributed by atoms with Gasteiger partial charge in [-0.15, -0.1) is 0 Å². The molecule has 1 amide bonds. The van der Waals surface area contributed by atoms with Gasteiger partial charge in [0.15, 0.2) is 0 Å². The van der Waals surface area contributed by atoms with Crippen molar-refractivity contribution in [2.45, 2.75) is 25.2 Å². The van der Waals surface area contributed by atoms with Crippen LogP contribution in [0, 0.1) is 13.8 Å². The standard InChI is InChI=1S/C18H23BrN4O4S/c1-12-17(13(2)21-20-12)28(25,26)23-8-4-7-22(9-10-23)18(24)15-11-14(27-3)5-6-16(15)19/h5-6,11H,4,7-10H2,1-3H3,(H,20,21). The number of carbonyl (C=O) groups is 1. The molecule has 1 aliphatic rings. The van der Waals surface area contributed by atoms with E-state index in [1.165, 1.54) is 4.31 Å². The Hall–Kier alpha value is -1.91. The molecule has 1 aromatic heterocycles. The maximum absolute atomic E-state index is 13.1. The lowest BCUT2D eigenvalue weighted by molar-refractivity contribution is 0.0763. The number of hydrogen-bond acceptors (Lipinski definition) is 5. The van der Waals surface area contributed by atoms with Crippen LogP contribution in [-0.4, -0.2) is 67.0 Å². The van der Waals surface area contributed by atoms with E-state index in [1.807, 2.05) is 0 Å². The Morgan fingerprint density at radius 2 is 1.96 bits per heavy atom. The second-order valence-electron chi connectivity index (χ2n) is 6.66. The molecule has 1 aliphatic heterocycles. The fourth-order valence-electron chi connectivity index (χ4n) is 3.35. The van der Waals surface area contributed by atoms with Gasteiger partial charge in [-0.25, -0.2) is 8.42 Å². The predicted octanol–water partition coefficient (Wildman–Crippen LogP) is 2.33. The summed E-state index contributed by atoms with van der Waals surface area (Å²) in [5, 5.41) is 6.72. The first kappa shape index (κ1) is 20.8. The van der Waals surface area contributed by atoms with E-state index in [-0.39, 0.29) is 17.3 Å². The molecule has 0 bridgehead atoms. The van der Waals surface area contributed by atoms with Gasteiger partial charge in [-0.2, -0.15) is 9.40 Å². The molecule has 0 spiro atoms. The van der Waals surface area contributed by atoms with E-state index >= 15 is 0 Å². The van der Waals surface area contributed by atoms with Crippen molar-refractivity contribution in [1.29, 1.82) is 0 Å². The summed E-state index contributed by atoms with van der Waals surface area (Å²) in [6, 6.07) is 5.22. The summed E-state index contributed by atoms with van der Waals surface area (Å²) in [5.41, 5.74) is 1.47. The summed E-state index contributed by atoms with van der Waals surface area (Å²) in [6.45, 7) is 4.76. The molecule has 28 heavy (non-hydrogen) atoms. The van der Waals surface area contributed by atoms with E-state index in [9.17, 15) is 13.2 Å². The largest absolute Gasteiger partial charge is 0.497 e. The van der Waals surface area contributed by atoms with Crippen molar-refractivity contribution < 1.29 is 17.9 Å². The number of amides is 1. The number of sulfonamides is 1. The van der Waals surface area contributed by atoms with Gasteiger partial charge in [0.05, 0.1) is 24.1 Å². The van der Waals surface area contributed by atoms with Crippen LogP contribution < -0.4 is 4.74 Å². The number of halogens is 1. The molecule has 1 aromatic carbocycles. The highest BCUT2D eigenvalue weighted by Gasteiger charge is 2.32. The molecule has 1 N–H and O–H groups in total. The molecule has 3 rings (SSSR count). The molecule has 0 aliphatic carbocycles. The second kappa shape index (κ2) is 8.22. The molecule has 10 heteroatoms. The molecule has 0 radical (unpaired) electrons. The van der Waals surface area contributed by atoms with Crippen molar-refractivity contribution in [3.05, 3.63) is 39.6 Å². The van der Waals surface area contributed by atoms with Crippen LogP contribution in [0.15, 0.2) is 27.6 Å². The first-order valence-corrected chi connectivity index (χ1v) is 11.1. The Bertz CT molecular complexity index is 970. The number of aryl methyl sites for hydroxylation is 2. The summed E-state index contributed by atoms with van der Waals surface area (Å²) in [5.74, 6) is 0.442. The monoisotopic (exact) mass is 470 g/mol. The normalized spacial score (nSPS) is 16.1. The zero-order valence-corrected chi connectivity index (χ0v) is 18.4. The topological polar surface area (TPSA) is 95.6 Å². The van der Waals surface area contributed by atoms with Gasteiger partial charge in [0.1, 0.15) is 10.6 Å². The molecule has 0 saturated carbocycles. The second-order valence-corrected chi connectivity index (χ2v) is 9.39. The van der Waals surface area contributed by atoms with Gasteiger partial charge in [-0.1, -0.05) is 0 Å². The fourth-order valence-corrected chi connectivity index (χ4v) is 5.57. The van der Waals surface area contributed by atoms with Crippen LogP contribution in [0.5, 0.6) is 5.75 Å². The van der Waals surface area contributed by atoms with E-state index in [4.69, 9.17) is 4.74 Å². The minimum atomic E-state index is -3.66. The van der Waals surface area contributed by atoms with E-state index in [0.717, 1.165) is 0 Å². The van der Waals surface area contributed by atoms with Gasteiger partial charge in [0.2, 0.25) is 10.0 Å². The molecule has 1 saturated heterocycles. The third-order valence-electron chi connectivity index (χ3n) is 4.80. The molecule has 0 atom stereocenters.